The lowest BCUT2D eigenvalue weighted by atomic mass is 10.1. The molecular formula is C20H26N4O3. The van der Waals surface area contributed by atoms with Crippen LogP contribution in [0.1, 0.15) is 40.5 Å². The van der Waals surface area contributed by atoms with Crippen LogP contribution in [-0.4, -0.2) is 43.5 Å². The van der Waals surface area contributed by atoms with Crippen molar-refractivity contribution in [1.82, 2.24) is 20.9 Å². The molecule has 1 unspecified atom stereocenters. The Morgan fingerprint density at radius 1 is 1.30 bits per heavy atom. The summed E-state index contributed by atoms with van der Waals surface area (Å²) in [5.74, 6) is 0.766. The molecule has 1 aliphatic rings. The molecular weight excluding hydrogens is 344 g/mol. The van der Waals surface area contributed by atoms with Crippen LogP contribution >= 0.6 is 0 Å². The van der Waals surface area contributed by atoms with Gasteiger partial charge in [0.2, 0.25) is 5.91 Å². The van der Waals surface area contributed by atoms with E-state index < -0.39 is 0 Å². The lowest BCUT2D eigenvalue weighted by Gasteiger charge is -2.16. The third kappa shape index (κ3) is 5.10. The summed E-state index contributed by atoms with van der Waals surface area (Å²) in [5.41, 5.74) is 2.68. The van der Waals surface area contributed by atoms with Crippen molar-refractivity contribution in [2.75, 3.05) is 26.7 Å². The number of rotatable bonds is 8. The average Bonchev–Trinajstić information content (AvgIpc) is 3.12. The fourth-order valence-electron chi connectivity index (χ4n) is 3.28. The largest absolute Gasteiger partial charge is 0.497 e. The Kier molecular flexibility index (Phi) is 6.49. The maximum absolute atomic E-state index is 12.0. The van der Waals surface area contributed by atoms with Gasteiger partial charge in [0.15, 0.2) is 0 Å². The van der Waals surface area contributed by atoms with E-state index in [1.807, 2.05) is 30.3 Å². The van der Waals surface area contributed by atoms with Gasteiger partial charge in [0.1, 0.15) is 11.4 Å². The number of H-pyrrole nitrogens is 1. The first kappa shape index (κ1) is 19.0. The van der Waals surface area contributed by atoms with Gasteiger partial charge in [-0.15, -0.1) is 0 Å². The van der Waals surface area contributed by atoms with Crippen LogP contribution < -0.4 is 20.7 Å². The molecule has 1 atom stereocenters. The second-order valence-corrected chi connectivity index (χ2v) is 6.56. The van der Waals surface area contributed by atoms with Gasteiger partial charge in [-0.3, -0.25) is 9.59 Å². The molecule has 2 aromatic rings. The van der Waals surface area contributed by atoms with Crippen molar-refractivity contribution < 1.29 is 14.3 Å². The lowest BCUT2D eigenvalue weighted by molar-refractivity contribution is -0.121. The van der Waals surface area contributed by atoms with E-state index in [1.165, 1.54) is 0 Å². The van der Waals surface area contributed by atoms with Gasteiger partial charge in [-0.25, -0.2) is 0 Å². The molecule has 144 valence electrons. The zero-order valence-electron chi connectivity index (χ0n) is 15.5. The number of amides is 2. The second kappa shape index (κ2) is 9.23. The van der Waals surface area contributed by atoms with Crippen molar-refractivity contribution in [3.8, 4) is 5.75 Å². The van der Waals surface area contributed by atoms with Crippen molar-refractivity contribution in [1.29, 1.82) is 0 Å². The number of aromatic amines is 1. The van der Waals surface area contributed by atoms with Gasteiger partial charge in [0, 0.05) is 38.3 Å². The first-order valence-electron chi connectivity index (χ1n) is 9.26. The Bertz CT molecular complexity index is 787. The summed E-state index contributed by atoms with van der Waals surface area (Å²) in [4.78, 5) is 27.0. The molecule has 0 aliphatic carbocycles. The Morgan fingerprint density at radius 3 is 3.04 bits per heavy atom. The van der Waals surface area contributed by atoms with Gasteiger partial charge in [-0.05, 0) is 42.2 Å². The number of hydrogen-bond donors (Lipinski definition) is 4. The Morgan fingerprint density at radius 2 is 2.19 bits per heavy atom. The van der Waals surface area contributed by atoms with Crippen molar-refractivity contribution in [2.45, 2.75) is 25.3 Å². The second-order valence-electron chi connectivity index (χ2n) is 6.56. The van der Waals surface area contributed by atoms with Gasteiger partial charge >= 0.3 is 0 Å². The molecule has 1 aromatic heterocycles. The molecule has 0 saturated heterocycles. The number of carbonyl (C=O) groups is 2. The van der Waals surface area contributed by atoms with E-state index in [4.69, 9.17) is 4.74 Å². The number of hydrogen-bond acceptors (Lipinski definition) is 4. The van der Waals surface area contributed by atoms with Crippen molar-refractivity contribution in [3.63, 3.8) is 0 Å². The smallest absolute Gasteiger partial charge is 0.268 e. The summed E-state index contributed by atoms with van der Waals surface area (Å²) in [6, 6.07) is 9.79. The zero-order chi connectivity index (χ0) is 19.1. The number of methoxy groups -OCH3 is 1. The molecule has 2 heterocycles. The maximum Gasteiger partial charge on any atom is 0.268 e. The van der Waals surface area contributed by atoms with Gasteiger partial charge in [-0.1, -0.05) is 12.1 Å². The summed E-state index contributed by atoms with van der Waals surface area (Å²) in [7, 11) is 1.63. The molecule has 1 aromatic carbocycles. The highest BCUT2D eigenvalue weighted by atomic mass is 16.5. The lowest BCUT2D eigenvalue weighted by Crippen LogP contribution is -2.34. The first-order chi connectivity index (χ1) is 13.2. The van der Waals surface area contributed by atoms with Crippen LogP contribution in [0.3, 0.4) is 0 Å². The monoisotopic (exact) mass is 370 g/mol. The number of carbonyl (C=O) groups excluding carboxylic acids is 2. The van der Waals surface area contributed by atoms with Crippen molar-refractivity contribution in [3.05, 3.63) is 53.3 Å². The van der Waals surface area contributed by atoms with Crippen LogP contribution in [0.4, 0.5) is 0 Å². The average molecular weight is 370 g/mol. The van der Waals surface area contributed by atoms with Crippen LogP contribution in [-0.2, 0) is 11.2 Å². The maximum atomic E-state index is 12.0. The number of aryl methyl sites for hydroxylation is 1. The Balaban J connectivity index is 1.39. The topological polar surface area (TPSA) is 95.2 Å². The number of nitrogens with one attached hydrogen (secondary N) is 4. The SMILES string of the molecule is COc1cccc(CCC(=O)NCCNC2CCNC(=O)c3[nH]ccc32)c1. The number of aromatic nitrogens is 1. The van der Waals surface area contributed by atoms with Gasteiger partial charge in [0.25, 0.3) is 5.91 Å². The van der Waals surface area contributed by atoms with E-state index in [0.717, 1.165) is 23.3 Å². The summed E-state index contributed by atoms with van der Waals surface area (Å²) in [6.07, 6.45) is 3.72. The molecule has 4 N–H and O–H groups in total. The summed E-state index contributed by atoms with van der Waals surface area (Å²) in [5, 5.41) is 9.24. The third-order valence-electron chi connectivity index (χ3n) is 4.71. The Hall–Kier alpha value is -2.80. The molecule has 0 saturated carbocycles. The minimum Gasteiger partial charge on any atom is -0.497 e. The molecule has 0 radical (unpaired) electrons. The summed E-state index contributed by atoms with van der Waals surface area (Å²) in [6.45, 7) is 1.83. The minimum absolute atomic E-state index is 0.0275. The van der Waals surface area contributed by atoms with Crippen LogP contribution in [0, 0.1) is 0 Å². The third-order valence-corrected chi connectivity index (χ3v) is 4.71. The normalized spacial score (nSPS) is 16.2. The van der Waals surface area contributed by atoms with Gasteiger partial charge < -0.3 is 25.7 Å². The fraction of sp³-hybridized carbons (Fsp3) is 0.400. The van der Waals surface area contributed by atoms with Crippen molar-refractivity contribution >= 4 is 11.8 Å². The standard InChI is InChI=1S/C20H26N4O3/c1-27-15-4-2-3-14(13-15)5-6-18(25)22-12-11-21-17-8-10-24-20(26)19-16(17)7-9-23-19/h2-4,7,9,13,17,21,23H,5-6,8,10-12H2,1H3,(H,22,25)(H,24,26). The van der Waals surface area contributed by atoms with Crippen LogP contribution in [0.5, 0.6) is 5.75 Å². The highest BCUT2D eigenvalue weighted by Crippen LogP contribution is 2.22. The molecule has 0 bridgehead atoms. The predicted molar refractivity (Wildman–Crippen MR) is 103 cm³/mol. The highest BCUT2D eigenvalue weighted by molar-refractivity contribution is 5.94. The summed E-state index contributed by atoms with van der Waals surface area (Å²) >= 11 is 0. The molecule has 27 heavy (non-hydrogen) atoms. The Labute approximate surface area is 158 Å². The molecule has 7 heteroatoms. The molecule has 0 spiro atoms. The van der Waals surface area contributed by atoms with Crippen LogP contribution in [0.2, 0.25) is 0 Å². The van der Waals surface area contributed by atoms with E-state index in [9.17, 15) is 9.59 Å². The number of fused-ring (bicyclic) bond motifs is 1. The highest BCUT2D eigenvalue weighted by Gasteiger charge is 2.23. The summed E-state index contributed by atoms with van der Waals surface area (Å²) < 4.78 is 5.20. The van der Waals surface area contributed by atoms with Crippen LogP contribution in [0.25, 0.3) is 0 Å². The van der Waals surface area contributed by atoms with Crippen molar-refractivity contribution in [2.24, 2.45) is 0 Å². The number of benzene rings is 1. The molecule has 7 nitrogen and oxygen atoms in total. The molecule has 0 fully saturated rings. The van der Waals surface area contributed by atoms with Gasteiger partial charge in [0.05, 0.1) is 7.11 Å². The minimum atomic E-state index is -0.0647. The fourth-order valence-corrected chi connectivity index (χ4v) is 3.28. The molecule has 3 rings (SSSR count). The van der Waals surface area contributed by atoms with E-state index in [1.54, 1.807) is 13.3 Å². The van der Waals surface area contributed by atoms with Gasteiger partial charge in [-0.2, -0.15) is 0 Å². The molecule has 1 aliphatic heterocycles. The van der Waals surface area contributed by atoms with Crippen LogP contribution in [0.15, 0.2) is 36.5 Å². The predicted octanol–water partition coefficient (Wildman–Crippen LogP) is 1.54. The zero-order valence-corrected chi connectivity index (χ0v) is 15.5. The van der Waals surface area contributed by atoms with E-state index in [2.05, 4.69) is 20.9 Å². The van der Waals surface area contributed by atoms with E-state index >= 15 is 0 Å². The first-order valence-corrected chi connectivity index (χ1v) is 9.26. The number of ether oxygens (including phenoxy) is 1. The quantitative estimate of drug-likeness (QED) is 0.530. The van der Waals surface area contributed by atoms with E-state index in [0.29, 0.717) is 38.2 Å². The van der Waals surface area contributed by atoms with E-state index in [-0.39, 0.29) is 17.9 Å². The molecule has 2 amide bonds.